The molecule has 0 aliphatic heterocycles. The van der Waals surface area contributed by atoms with Crippen molar-refractivity contribution in [1.82, 2.24) is 0 Å². The predicted molar refractivity (Wildman–Crippen MR) is 81.5 cm³/mol. The van der Waals surface area contributed by atoms with E-state index in [9.17, 15) is 13.2 Å². The number of carbonyl (C=O) groups is 1. The maximum Gasteiger partial charge on any atom is 0.339 e. The number of esters is 1. The first-order valence-corrected chi connectivity index (χ1v) is 7.94. The quantitative estimate of drug-likeness (QED) is 0.640. The lowest BCUT2D eigenvalue weighted by molar-refractivity contribution is 0.0600. The van der Waals surface area contributed by atoms with Gasteiger partial charge in [0, 0.05) is 0 Å². The standard InChI is InChI=1S/C16H16O5S/c1-11-7-8-15(12(2)9-11)22(18,19)21-14-6-4-5-13(10-14)16(17)20-3/h4-10H,1-3H3. The van der Waals surface area contributed by atoms with Gasteiger partial charge in [-0.15, -0.1) is 0 Å². The highest BCUT2D eigenvalue weighted by Crippen LogP contribution is 2.23. The fourth-order valence-corrected chi connectivity index (χ4v) is 3.18. The number of rotatable bonds is 4. The molecule has 0 saturated heterocycles. The van der Waals surface area contributed by atoms with Crippen LogP contribution in [0.1, 0.15) is 21.5 Å². The molecule has 0 bridgehead atoms. The summed E-state index contributed by atoms with van der Waals surface area (Å²) in [7, 11) is -2.71. The van der Waals surface area contributed by atoms with E-state index >= 15 is 0 Å². The Labute approximate surface area is 129 Å². The van der Waals surface area contributed by atoms with Crippen LogP contribution in [0.5, 0.6) is 5.75 Å². The second-order valence-corrected chi connectivity index (χ2v) is 6.34. The molecule has 0 spiro atoms. The molecular formula is C16H16O5S. The zero-order valence-corrected chi connectivity index (χ0v) is 13.3. The minimum absolute atomic E-state index is 0.0582. The molecule has 0 aliphatic carbocycles. The summed E-state index contributed by atoms with van der Waals surface area (Å²) in [5.41, 5.74) is 1.78. The fourth-order valence-electron chi connectivity index (χ4n) is 2.04. The Kier molecular flexibility index (Phi) is 4.51. The minimum atomic E-state index is -3.96. The van der Waals surface area contributed by atoms with E-state index in [-0.39, 0.29) is 16.2 Å². The molecule has 6 heteroatoms. The smallest absolute Gasteiger partial charge is 0.339 e. The monoisotopic (exact) mass is 320 g/mol. The molecule has 0 radical (unpaired) electrons. The second kappa shape index (κ2) is 6.19. The number of hydrogen-bond donors (Lipinski definition) is 0. The van der Waals surface area contributed by atoms with Gasteiger partial charge in [0.05, 0.1) is 12.7 Å². The molecule has 22 heavy (non-hydrogen) atoms. The highest BCUT2D eigenvalue weighted by atomic mass is 32.2. The number of benzene rings is 2. The molecule has 0 atom stereocenters. The van der Waals surface area contributed by atoms with Crippen molar-refractivity contribution in [3.63, 3.8) is 0 Å². The van der Waals surface area contributed by atoms with Crippen LogP contribution in [-0.2, 0) is 14.9 Å². The van der Waals surface area contributed by atoms with Crippen molar-refractivity contribution in [3.8, 4) is 5.75 Å². The van der Waals surface area contributed by atoms with E-state index in [1.54, 1.807) is 19.1 Å². The predicted octanol–water partition coefficient (Wildman–Crippen LogP) is 2.86. The lowest BCUT2D eigenvalue weighted by Gasteiger charge is -2.10. The van der Waals surface area contributed by atoms with Gasteiger partial charge >= 0.3 is 16.1 Å². The van der Waals surface area contributed by atoms with Crippen LogP contribution in [0.15, 0.2) is 47.4 Å². The summed E-state index contributed by atoms with van der Waals surface area (Å²) >= 11 is 0. The van der Waals surface area contributed by atoms with E-state index in [2.05, 4.69) is 4.74 Å². The van der Waals surface area contributed by atoms with Crippen molar-refractivity contribution < 1.29 is 22.1 Å². The largest absolute Gasteiger partial charge is 0.465 e. The molecule has 0 heterocycles. The van der Waals surface area contributed by atoms with E-state index in [1.807, 2.05) is 6.92 Å². The number of hydrogen-bond acceptors (Lipinski definition) is 5. The van der Waals surface area contributed by atoms with Gasteiger partial charge in [0.1, 0.15) is 10.6 Å². The number of methoxy groups -OCH3 is 1. The van der Waals surface area contributed by atoms with E-state index in [0.717, 1.165) is 5.56 Å². The first-order valence-electron chi connectivity index (χ1n) is 6.53. The molecule has 0 saturated carbocycles. The van der Waals surface area contributed by atoms with E-state index < -0.39 is 16.1 Å². The first kappa shape index (κ1) is 16.0. The molecule has 0 unspecified atom stereocenters. The van der Waals surface area contributed by atoms with Crippen LogP contribution in [-0.4, -0.2) is 21.5 Å². The number of aryl methyl sites for hydroxylation is 2. The molecule has 2 rings (SSSR count). The topological polar surface area (TPSA) is 69.7 Å². The van der Waals surface area contributed by atoms with Gasteiger partial charge in [-0.3, -0.25) is 0 Å². The minimum Gasteiger partial charge on any atom is -0.465 e. The van der Waals surface area contributed by atoms with Crippen molar-refractivity contribution in [1.29, 1.82) is 0 Å². The summed E-state index contributed by atoms with van der Waals surface area (Å²) in [5, 5.41) is 0. The van der Waals surface area contributed by atoms with E-state index in [4.69, 9.17) is 4.18 Å². The third kappa shape index (κ3) is 3.46. The van der Waals surface area contributed by atoms with Gasteiger partial charge in [0.15, 0.2) is 0 Å². The normalized spacial score (nSPS) is 11.0. The highest BCUT2D eigenvalue weighted by molar-refractivity contribution is 7.87. The third-order valence-electron chi connectivity index (χ3n) is 3.06. The van der Waals surface area contributed by atoms with Crippen molar-refractivity contribution in [2.45, 2.75) is 18.7 Å². The molecule has 0 aliphatic rings. The van der Waals surface area contributed by atoms with Gasteiger partial charge in [-0.25, -0.2) is 4.79 Å². The third-order valence-corrected chi connectivity index (χ3v) is 4.47. The van der Waals surface area contributed by atoms with Gasteiger partial charge in [-0.2, -0.15) is 8.42 Å². The molecular weight excluding hydrogens is 304 g/mol. The SMILES string of the molecule is COC(=O)c1cccc(OS(=O)(=O)c2ccc(C)cc2C)c1. The molecule has 0 fully saturated rings. The summed E-state index contributed by atoms with van der Waals surface area (Å²) in [6.07, 6.45) is 0. The lowest BCUT2D eigenvalue weighted by Crippen LogP contribution is -2.12. The zero-order valence-electron chi connectivity index (χ0n) is 12.5. The first-order chi connectivity index (χ1) is 10.3. The molecule has 0 N–H and O–H groups in total. The molecule has 5 nitrogen and oxygen atoms in total. The Morgan fingerprint density at radius 3 is 2.41 bits per heavy atom. The average molecular weight is 320 g/mol. The zero-order chi connectivity index (χ0) is 16.3. The Balaban J connectivity index is 2.35. The molecule has 0 amide bonds. The van der Waals surface area contributed by atoms with Gasteiger partial charge in [0.25, 0.3) is 0 Å². The van der Waals surface area contributed by atoms with E-state index in [1.165, 1.54) is 37.4 Å². The molecule has 2 aromatic rings. The maximum absolute atomic E-state index is 12.3. The van der Waals surface area contributed by atoms with Crippen molar-refractivity contribution in [3.05, 3.63) is 59.2 Å². The van der Waals surface area contributed by atoms with E-state index in [0.29, 0.717) is 5.56 Å². The Hall–Kier alpha value is -2.34. The van der Waals surface area contributed by atoms with Gasteiger partial charge in [0.2, 0.25) is 0 Å². The summed E-state index contributed by atoms with van der Waals surface area (Å²) in [5.74, 6) is -0.503. The molecule has 116 valence electrons. The Morgan fingerprint density at radius 2 is 1.77 bits per heavy atom. The van der Waals surface area contributed by atoms with Crippen LogP contribution < -0.4 is 4.18 Å². The maximum atomic E-state index is 12.3. The van der Waals surface area contributed by atoms with Crippen molar-refractivity contribution >= 4 is 16.1 Å². The molecule has 2 aromatic carbocycles. The average Bonchev–Trinajstić information content (AvgIpc) is 2.45. The Morgan fingerprint density at radius 1 is 1.05 bits per heavy atom. The van der Waals surface area contributed by atoms with Gasteiger partial charge in [-0.05, 0) is 43.7 Å². The van der Waals surface area contributed by atoms with Crippen LogP contribution in [0.25, 0.3) is 0 Å². The summed E-state index contributed by atoms with van der Waals surface area (Å²) in [4.78, 5) is 11.6. The molecule has 0 aromatic heterocycles. The van der Waals surface area contributed by atoms with Gasteiger partial charge < -0.3 is 8.92 Å². The summed E-state index contributed by atoms with van der Waals surface area (Å²) < 4.78 is 34.4. The lowest BCUT2D eigenvalue weighted by atomic mass is 10.2. The van der Waals surface area contributed by atoms with Gasteiger partial charge in [-0.1, -0.05) is 23.8 Å². The fraction of sp³-hybridized carbons (Fsp3) is 0.188. The van der Waals surface area contributed by atoms with Crippen molar-refractivity contribution in [2.75, 3.05) is 7.11 Å². The van der Waals surface area contributed by atoms with Crippen molar-refractivity contribution in [2.24, 2.45) is 0 Å². The summed E-state index contributed by atoms with van der Waals surface area (Å²) in [6, 6.07) is 10.8. The van der Waals surface area contributed by atoms with Crippen LogP contribution in [0, 0.1) is 13.8 Å². The summed E-state index contributed by atoms with van der Waals surface area (Å²) in [6.45, 7) is 3.58. The number of carbonyl (C=O) groups excluding carboxylic acids is 1. The van der Waals surface area contributed by atoms with Crippen LogP contribution in [0.2, 0.25) is 0 Å². The van der Waals surface area contributed by atoms with Crippen LogP contribution in [0.3, 0.4) is 0 Å². The highest BCUT2D eigenvalue weighted by Gasteiger charge is 2.20. The van der Waals surface area contributed by atoms with Crippen LogP contribution >= 0.6 is 0 Å². The Bertz CT molecular complexity index is 809. The van der Waals surface area contributed by atoms with Crippen LogP contribution in [0.4, 0.5) is 0 Å². The number of ether oxygens (including phenoxy) is 1. The second-order valence-electron chi connectivity index (χ2n) is 4.83.